The van der Waals surface area contributed by atoms with Gasteiger partial charge in [0.15, 0.2) is 5.69 Å². The largest absolute Gasteiger partial charge is 0.466 e. The molecule has 0 saturated carbocycles. The van der Waals surface area contributed by atoms with E-state index in [-0.39, 0.29) is 36.5 Å². The van der Waals surface area contributed by atoms with Crippen molar-refractivity contribution in [1.82, 2.24) is 9.97 Å². The number of nitrogens with zero attached hydrogens (tertiary/aromatic N) is 2. The molecule has 1 heterocycles. The highest BCUT2D eigenvalue weighted by Gasteiger charge is 2.21. The lowest BCUT2D eigenvalue weighted by atomic mass is 10.2. The topological polar surface area (TPSA) is 105 Å². The van der Waals surface area contributed by atoms with Crippen LogP contribution in [0.15, 0.2) is 6.20 Å². The fourth-order valence-electron chi connectivity index (χ4n) is 1.50. The van der Waals surface area contributed by atoms with Gasteiger partial charge in [0.25, 0.3) is 0 Å². The van der Waals surface area contributed by atoms with Crippen LogP contribution in [0.2, 0.25) is 0 Å². The van der Waals surface area contributed by atoms with E-state index >= 15 is 0 Å². The number of methoxy groups -OCH3 is 2. The number of carbonyl (C=O) groups is 3. The molecular weight excluding hydrogens is 280 g/mol. The number of aryl methyl sites for hydroxylation is 1. The quantitative estimate of drug-likeness (QED) is 0.553. The van der Waals surface area contributed by atoms with E-state index in [2.05, 4.69) is 19.4 Å². The van der Waals surface area contributed by atoms with Crippen molar-refractivity contribution in [3.05, 3.63) is 23.3 Å². The maximum atomic E-state index is 11.6. The number of carbonyl (C=O) groups excluding carboxylic acids is 3. The first-order valence-electron chi connectivity index (χ1n) is 6.21. The minimum Gasteiger partial charge on any atom is -0.466 e. The average molecular weight is 296 g/mol. The molecule has 0 atom stereocenters. The molecule has 114 valence electrons. The van der Waals surface area contributed by atoms with Gasteiger partial charge in [0.2, 0.25) is 0 Å². The molecule has 0 spiro atoms. The number of esters is 3. The van der Waals surface area contributed by atoms with Gasteiger partial charge in [-0.25, -0.2) is 19.6 Å². The first-order chi connectivity index (χ1) is 10.0. The zero-order chi connectivity index (χ0) is 15.8. The molecule has 0 aliphatic heterocycles. The van der Waals surface area contributed by atoms with Gasteiger partial charge in [0.1, 0.15) is 11.4 Å². The molecule has 0 amide bonds. The molecule has 0 fully saturated rings. The summed E-state index contributed by atoms with van der Waals surface area (Å²) in [5, 5.41) is 0. The van der Waals surface area contributed by atoms with Crippen molar-refractivity contribution in [2.75, 3.05) is 20.8 Å². The number of hydrogen-bond acceptors (Lipinski definition) is 8. The summed E-state index contributed by atoms with van der Waals surface area (Å²) < 4.78 is 13.9. The number of rotatable bonds is 6. The van der Waals surface area contributed by atoms with Gasteiger partial charge in [-0.2, -0.15) is 0 Å². The van der Waals surface area contributed by atoms with Gasteiger partial charge in [0.05, 0.1) is 27.2 Å². The summed E-state index contributed by atoms with van der Waals surface area (Å²) in [6, 6.07) is 0. The molecule has 8 heteroatoms. The zero-order valence-corrected chi connectivity index (χ0v) is 12.0. The van der Waals surface area contributed by atoms with Crippen LogP contribution in [0, 0.1) is 0 Å². The number of ether oxygens (including phenoxy) is 3. The van der Waals surface area contributed by atoms with E-state index in [1.807, 2.05) is 0 Å². The lowest BCUT2D eigenvalue weighted by molar-refractivity contribution is -0.143. The SMILES string of the molecule is CCOC(=O)CCc1ncc(C(=O)OC)c(C(=O)OC)n1. The van der Waals surface area contributed by atoms with Crippen LogP contribution in [0.1, 0.15) is 40.0 Å². The van der Waals surface area contributed by atoms with Crippen LogP contribution in [0.5, 0.6) is 0 Å². The first kappa shape index (κ1) is 16.5. The molecule has 1 aromatic rings. The smallest absolute Gasteiger partial charge is 0.357 e. The van der Waals surface area contributed by atoms with E-state index in [0.717, 1.165) is 0 Å². The van der Waals surface area contributed by atoms with Gasteiger partial charge in [-0.3, -0.25) is 4.79 Å². The van der Waals surface area contributed by atoms with E-state index in [0.29, 0.717) is 0 Å². The third-order valence-corrected chi connectivity index (χ3v) is 2.48. The Kier molecular flexibility index (Phi) is 6.25. The van der Waals surface area contributed by atoms with Crippen LogP contribution < -0.4 is 0 Å². The summed E-state index contributed by atoms with van der Waals surface area (Å²) in [5.41, 5.74) is -0.289. The molecular formula is C13H16N2O6. The van der Waals surface area contributed by atoms with E-state index in [1.165, 1.54) is 20.4 Å². The normalized spacial score (nSPS) is 9.86. The van der Waals surface area contributed by atoms with Gasteiger partial charge >= 0.3 is 17.9 Å². The Morgan fingerprint density at radius 1 is 1.14 bits per heavy atom. The van der Waals surface area contributed by atoms with E-state index in [9.17, 15) is 14.4 Å². The van der Waals surface area contributed by atoms with Crippen molar-refractivity contribution in [3.8, 4) is 0 Å². The third-order valence-electron chi connectivity index (χ3n) is 2.48. The maximum absolute atomic E-state index is 11.6. The van der Waals surface area contributed by atoms with Crippen molar-refractivity contribution >= 4 is 17.9 Å². The first-order valence-corrected chi connectivity index (χ1v) is 6.21. The number of aromatic nitrogens is 2. The van der Waals surface area contributed by atoms with E-state index in [1.54, 1.807) is 6.92 Å². The molecule has 0 aliphatic rings. The highest BCUT2D eigenvalue weighted by Crippen LogP contribution is 2.10. The molecule has 0 saturated heterocycles. The second-order valence-electron chi connectivity index (χ2n) is 3.84. The van der Waals surface area contributed by atoms with Crippen LogP contribution in [-0.4, -0.2) is 48.7 Å². The lowest BCUT2D eigenvalue weighted by Gasteiger charge is -2.07. The molecule has 21 heavy (non-hydrogen) atoms. The Balaban J connectivity index is 2.96. The van der Waals surface area contributed by atoms with Gasteiger partial charge in [-0.05, 0) is 6.92 Å². The Hall–Kier alpha value is -2.51. The summed E-state index contributed by atoms with van der Waals surface area (Å²) in [6.07, 6.45) is 1.43. The van der Waals surface area contributed by atoms with Crippen LogP contribution in [0.4, 0.5) is 0 Å². The van der Waals surface area contributed by atoms with Crippen molar-refractivity contribution in [1.29, 1.82) is 0 Å². The molecule has 0 radical (unpaired) electrons. The van der Waals surface area contributed by atoms with Gasteiger partial charge in [0, 0.05) is 12.6 Å². The second-order valence-corrected chi connectivity index (χ2v) is 3.84. The van der Waals surface area contributed by atoms with Crippen LogP contribution in [-0.2, 0) is 25.4 Å². The number of hydrogen-bond donors (Lipinski definition) is 0. The Morgan fingerprint density at radius 3 is 2.38 bits per heavy atom. The predicted octanol–water partition coefficient (Wildman–Crippen LogP) is 0.546. The highest BCUT2D eigenvalue weighted by atomic mass is 16.5. The van der Waals surface area contributed by atoms with Gasteiger partial charge < -0.3 is 14.2 Å². The maximum Gasteiger partial charge on any atom is 0.357 e. The Morgan fingerprint density at radius 2 is 1.81 bits per heavy atom. The summed E-state index contributed by atoms with van der Waals surface area (Å²) >= 11 is 0. The molecule has 0 bridgehead atoms. The van der Waals surface area contributed by atoms with Crippen molar-refractivity contribution in [3.63, 3.8) is 0 Å². The zero-order valence-electron chi connectivity index (χ0n) is 12.0. The predicted molar refractivity (Wildman–Crippen MR) is 69.7 cm³/mol. The molecule has 0 N–H and O–H groups in total. The highest BCUT2D eigenvalue weighted by molar-refractivity contribution is 6.01. The van der Waals surface area contributed by atoms with Crippen molar-refractivity contribution in [2.45, 2.75) is 19.8 Å². The van der Waals surface area contributed by atoms with Crippen molar-refractivity contribution < 1.29 is 28.6 Å². The van der Waals surface area contributed by atoms with E-state index < -0.39 is 17.9 Å². The lowest BCUT2D eigenvalue weighted by Crippen LogP contribution is -2.17. The average Bonchev–Trinajstić information content (AvgIpc) is 2.51. The van der Waals surface area contributed by atoms with Crippen LogP contribution in [0.3, 0.4) is 0 Å². The van der Waals surface area contributed by atoms with Gasteiger partial charge in [-0.1, -0.05) is 0 Å². The molecule has 0 aliphatic carbocycles. The molecule has 0 aromatic carbocycles. The third kappa shape index (κ3) is 4.51. The standard InChI is InChI=1S/C13H16N2O6/c1-4-21-10(16)6-5-9-14-7-8(12(17)19-2)11(15-9)13(18)20-3/h7H,4-6H2,1-3H3. The summed E-state index contributed by atoms with van der Waals surface area (Å²) in [4.78, 5) is 42.3. The monoisotopic (exact) mass is 296 g/mol. The van der Waals surface area contributed by atoms with Crippen LogP contribution >= 0.6 is 0 Å². The molecule has 1 aromatic heterocycles. The van der Waals surface area contributed by atoms with Crippen molar-refractivity contribution in [2.24, 2.45) is 0 Å². The van der Waals surface area contributed by atoms with Crippen LogP contribution in [0.25, 0.3) is 0 Å². The molecule has 8 nitrogen and oxygen atoms in total. The Labute approximate surface area is 121 Å². The Bertz CT molecular complexity index is 543. The minimum atomic E-state index is -0.782. The molecule has 1 rings (SSSR count). The van der Waals surface area contributed by atoms with E-state index in [4.69, 9.17) is 4.74 Å². The second kappa shape index (κ2) is 7.93. The van der Waals surface area contributed by atoms with Gasteiger partial charge in [-0.15, -0.1) is 0 Å². The summed E-state index contributed by atoms with van der Waals surface area (Å²) in [5.74, 6) is -1.68. The fraction of sp³-hybridized carbons (Fsp3) is 0.462. The summed E-state index contributed by atoms with van der Waals surface area (Å²) in [7, 11) is 2.35. The molecule has 0 unspecified atom stereocenters. The fourth-order valence-corrected chi connectivity index (χ4v) is 1.50. The minimum absolute atomic E-state index is 0.0754. The summed E-state index contributed by atoms with van der Waals surface area (Å²) in [6.45, 7) is 1.99.